The molecule has 152 valence electrons. The van der Waals surface area contributed by atoms with E-state index in [1.165, 1.54) is 11.7 Å². The van der Waals surface area contributed by atoms with Gasteiger partial charge in [0.15, 0.2) is 18.3 Å². The van der Waals surface area contributed by atoms with Gasteiger partial charge in [0.1, 0.15) is 17.1 Å². The van der Waals surface area contributed by atoms with Crippen molar-refractivity contribution in [3.8, 4) is 5.75 Å². The molecule has 29 heavy (non-hydrogen) atoms. The van der Waals surface area contributed by atoms with Crippen LogP contribution >= 0.6 is 0 Å². The van der Waals surface area contributed by atoms with E-state index in [0.29, 0.717) is 23.1 Å². The Bertz CT molecular complexity index is 1110. The summed E-state index contributed by atoms with van der Waals surface area (Å²) in [7, 11) is 1.45. The second kappa shape index (κ2) is 7.70. The van der Waals surface area contributed by atoms with Crippen molar-refractivity contribution >= 4 is 17.6 Å². The fourth-order valence-corrected chi connectivity index (χ4v) is 2.76. The summed E-state index contributed by atoms with van der Waals surface area (Å²) in [6.45, 7) is 3.11. The maximum absolute atomic E-state index is 13.7. The van der Waals surface area contributed by atoms with Gasteiger partial charge in [0.2, 0.25) is 0 Å². The third-order valence-electron chi connectivity index (χ3n) is 4.24. The minimum atomic E-state index is -1.28. The lowest BCUT2D eigenvalue weighted by molar-refractivity contribution is 0.0692. The van der Waals surface area contributed by atoms with E-state index < -0.39 is 23.5 Å². The van der Waals surface area contributed by atoms with Crippen molar-refractivity contribution in [2.24, 2.45) is 7.05 Å². The summed E-state index contributed by atoms with van der Waals surface area (Å²) in [4.78, 5) is 23.9. The van der Waals surface area contributed by atoms with E-state index in [2.05, 4.69) is 15.5 Å². The number of aromatic nitrogens is 4. The number of halogens is 2. The molecule has 0 aliphatic carbocycles. The Hall–Kier alpha value is -3.76. The lowest BCUT2D eigenvalue weighted by Gasteiger charge is -2.10. The van der Waals surface area contributed by atoms with Gasteiger partial charge in [-0.05, 0) is 26.0 Å². The zero-order valence-electron chi connectivity index (χ0n) is 15.7. The number of aryl methyl sites for hydroxylation is 2. The number of hydrogen-bond acceptors (Lipinski definition) is 5. The molecule has 2 N–H and O–H groups in total. The van der Waals surface area contributed by atoms with E-state index in [0.717, 1.165) is 23.0 Å². The predicted octanol–water partition coefficient (Wildman–Crippen LogP) is 2.50. The highest BCUT2D eigenvalue weighted by Crippen LogP contribution is 2.23. The summed E-state index contributed by atoms with van der Waals surface area (Å²) >= 11 is 0. The summed E-state index contributed by atoms with van der Waals surface area (Å²) in [5.41, 5.74) is 0.947. The van der Waals surface area contributed by atoms with Crippen LogP contribution in [0.4, 0.5) is 14.5 Å². The SMILES string of the molecule is Cc1nn(COc2ccc(F)cc2F)c(C)c1NC(=O)c1c(C(=O)O)cnn1C. The smallest absolute Gasteiger partial charge is 0.339 e. The Balaban J connectivity index is 1.80. The average Bonchev–Trinajstić information content (AvgIpc) is 3.16. The molecule has 0 radical (unpaired) electrons. The van der Waals surface area contributed by atoms with Crippen LogP contribution in [-0.2, 0) is 13.8 Å². The van der Waals surface area contributed by atoms with Crippen LogP contribution in [0.1, 0.15) is 32.2 Å². The maximum atomic E-state index is 13.7. The highest BCUT2D eigenvalue weighted by Gasteiger charge is 2.24. The quantitative estimate of drug-likeness (QED) is 0.652. The molecule has 9 nitrogen and oxygen atoms in total. The summed E-state index contributed by atoms with van der Waals surface area (Å²) in [6.07, 6.45) is 1.09. The molecular formula is C18H17F2N5O4. The van der Waals surface area contributed by atoms with E-state index in [9.17, 15) is 23.5 Å². The molecule has 3 rings (SSSR count). The molecule has 0 atom stereocenters. The molecule has 2 heterocycles. The second-order valence-corrected chi connectivity index (χ2v) is 6.18. The number of anilines is 1. The summed E-state index contributed by atoms with van der Waals surface area (Å²) in [5, 5.41) is 19.9. The molecule has 0 aliphatic heterocycles. The van der Waals surface area contributed by atoms with Gasteiger partial charge in [-0.2, -0.15) is 10.2 Å². The van der Waals surface area contributed by atoms with E-state index in [-0.39, 0.29) is 23.7 Å². The molecule has 0 fully saturated rings. The van der Waals surface area contributed by atoms with Crippen LogP contribution in [0.3, 0.4) is 0 Å². The van der Waals surface area contributed by atoms with Gasteiger partial charge in [0.05, 0.1) is 23.3 Å². The Morgan fingerprint density at radius 1 is 1.28 bits per heavy atom. The Morgan fingerprint density at radius 2 is 2.00 bits per heavy atom. The van der Waals surface area contributed by atoms with Crippen molar-refractivity contribution < 1.29 is 28.2 Å². The standard InChI is InChI=1S/C18H17F2N5O4/c1-9-15(22-17(26)16-12(18(27)28)7-21-24(16)3)10(2)25(23-9)8-29-14-5-4-11(19)6-13(14)20/h4-7H,8H2,1-3H3,(H,22,26)(H,27,28). The molecule has 0 saturated heterocycles. The zero-order chi connectivity index (χ0) is 21.3. The number of carbonyl (C=O) groups excluding carboxylic acids is 1. The first-order valence-corrected chi connectivity index (χ1v) is 8.37. The van der Waals surface area contributed by atoms with Crippen LogP contribution in [0.15, 0.2) is 24.4 Å². The molecule has 0 spiro atoms. The van der Waals surface area contributed by atoms with Crippen molar-refractivity contribution in [1.82, 2.24) is 19.6 Å². The number of aromatic carboxylic acids is 1. The summed E-state index contributed by atoms with van der Waals surface area (Å²) in [6, 6.07) is 2.93. The van der Waals surface area contributed by atoms with Crippen molar-refractivity contribution in [3.63, 3.8) is 0 Å². The largest absolute Gasteiger partial charge is 0.478 e. The fourth-order valence-electron chi connectivity index (χ4n) is 2.76. The van der Waals surface area contributed by atoms with Crippen LogP contribution in [-0.4, -0.2) is 36.5 Å². The van der Waals surface area contributed by atoms with Crippen molar-refractivity contribution in [3.05, 3.63) is 58.7 Å². The van der Waals surface area contributed by atoms with E-state index >= 15 is 0 Å². The second-order valence-electron chi connectivity index (χ2n) is 6.18. The fraction of sp³-hybridized carbons (Fsp3) is 0.222. The van der Waals surface area contributed by atoms with Gasteiger partial charge in [-0.3, -0.25) is 9.48 Å². The summed E-state index contributed by atoms with van der Waals surface area (Å²) < 4.78 is 34.6. The van der Waals surface area contributed by atoms with Crippen molar-refractivity contribution in [2.45, 2.75) is 20.6 Å². The Labute approximate surface area is 163 Å². The first-order valence-electron chi connectivity index (χ1n) is 8.37. The molecule has 0 bridgehead atoms. The Kier molecular flexibility index (Phi) is 5.31. The highest BCUT2D eigenvalue weighted by molar-refractivity contribution is 6.09. The first kappa shape index (κ1) is 20.0. The highest BCUT2D eigenvalue weighted by atomic mass is 19.1. The van der Waals surface area contributed by atoms with Gasteiger partial charge >= 0.3 is 5.97 Å². The number of rotatable bonds is 6. The number of benzene rings is 1. The Morgan fingerprint density at radius 3 is 2.66 bits per heavy atom. The molecular weight excluding hydrogens is 388 g/mol. The number of nitrogens with one attached hydrogen (secondary N) is 1. The maximum Gasteiger partial charge on any atom is 0.339 e. The van der Waals surface area contributed by atoms with E-state index in [4.69, 9.17) is 4.74 Å². The number of ether oxygens (including phenoxy) is 1. The topological polar surface area (TPSA) is 111 Å². The molecule has 0 aliphatic rings. The number of carbonyl (C=O) groups is 2. The lowest BCUT2D eigenvalue weighted by Crippen LogP contribution is -2.20. The number of carboxylic acid groups (broad SMARTS) is 1. The molecule has 2 aromatic heterocycles. The number of hydrogen-bond donors (Lipinski definition) is 2. The van der Waals surface area contributed by atoms with Crippen LogP contribution in [0.5, 0.6) is 5.75 Å². The number of nitrogens with zero attached hydrogens (tertiary/aromatic N) is 4. The molecule has 1 aromatic carbocycles. The van der Waals surface area contributed by atoms with Gasteiger partial charge in [-0.1, -0.05) is 0 Å². The lowest BCUT2D eigenvalue weighted by atomic mass is 10.2. The molecule has 0 unspecified atom stereocenters. The zero-order valence-corrected chi connectivity index (χ0v) is 15.7. The normalized spacial score (nSPS) is 10.8. The number of carboxylic acids is 1. The van der Waals surface area contributed by atoms with E-state index in [1.54, 1.807) is 13.8 Å². The third kappa shape index (κ3) is 3.93. The van der Waals surface area contributed by atoms with Crippen LogP contribution < -0.4 is 10.1 Å². The monoisotopic (exact) mass is 405 g/mol. The van der Waals surface area contributed by atoms with Gasteiger partial charge in [0, 0.05) is 13.1 Å². The van der Waals surface area contributed by atoms with Crippen LogP contribution in [0.2, 0.25) is 0 Å². The van der Waals surface area contributed by atoms with Crippen molar-refractivity contribution in [1.29, 1.82) is 0 Å². The van der Waals surface area contributed by atoms with Gasteiger partial charge in [-0.25, -0.2) is 18.3 Å². The first-order chi connectivity index (χ1) is 13.7. The van der Waals surface area contributed by atoms with Gasteiger partial charge < -0.3 is 15.2 Å². The van der Waals surface area contributed by atoms with Crippen molar-refractivity contribution in [2.75, 3.05) is 5.32 Å². The molecule has 11 heteroatoms. The van der Waals surface area contributed by atoms with Gasteiger partial charge in [0.25, 0.3) is 5.91 Å². The average molecular weight is 405 g/mol. The molecule has 3 aromatic rings. The van der Waals surface area contributed by atoms with Gasteiger partial charge in [-0.15, -0.1) is 0 Å². The molecule has 0 saturated carbocycles. The van der Waals surface area contributed by atoms with Crippen LogP contribution in [0.25, 0.3) is 0 Å². The van der Waals surface area contributed by atoms with Crippen LogP contribution in [0, 0.1) is 25.5 Å². The molecule has 1 amide bonds. The minimum absolute atomic E-state index is 0.117. The van der Waals surface area contributed by atoms with E-state index in [1.807, 2.05) is 0 Å². The minimum Gasteiger partial charge on any atom is -0.478 e. The number of amides is 1. The summed E-state index contributed by atoms with van der Waals surface area (Å²) in [5.74, 6) is -3.66. The third-order valence-corrected chi connectivity index (χ3v) is 4.24. The predicted molar refractivity (Wildman–Crippen MR) is 96.8 cm³/mol.